The number of amides is 2. The summed E-state index contributed by atoms with van der Waals surface area (Å²) in [5, 5.41) is 2.66. The van der Waals surface area contributed by atoms with E-state index >= 15 is 0 Å². The van der Waals surface area contributed by atoms with E-state index in [4.69, 9.17) is 14.2 Å². The van der Waals surface area contributed by atoms with Gasteiger partial charge < -0.3 is 24.4 Å². The molecule has 1 heterocycles. The summed E-state index contributed by atoms with van der Waals surface area (Å²) in [4.78, 5) is 26.4. The lowest BCUT2D eigenvalue weighted by atomic mass is 10.1. The number of nitrogens with zero attached hydrogens (tertiary/aromatic N) is 1. The summed E-state index contributed by atoms with van der Waals surface area (Å²) >= 11 is 0. The van der Waals surface area contributed by atoms with Crippen molar-refractivity contribution in [2.24, 2.45) is 0 Å². The summed E-state index contributed by atoms with van der Waals surface area (Å²) in [6.07, 6.45) is 0. The smallest absolute Gasteiger partial charge is 0.255 e. The van der Waals surface area contributed by atoms with E-state index in [1.165, 1.54) is 0 Å². The number of ether oxygens (including phenoxy) is 3. The van der Waals surface area contributed by atoms with Gasteiger partial charge in [-0.15, -0.1) is 0 Å². The van der Waals surface area contributed by atoms with Crippen LogP contribution in [0.2, 0.25) is 0 Å². The topological polar surface area (TPSA) is 77.1 Å². The first kappa shape index (κ1) is 19.5. The van der Waals surface area contributed by atoms with Gasteiger partial charge >= 0.3 is 0 Å². The minimum Gasteiger partial charge on any atom is -0.493 e. The molecule has 7 heteroatoms. The number of rotatable bonds is 7. The highest BCUT2D eigenvalue weighted by atomic mass is 16.6. The molecule has 0 atom stereocenters. The van der Waals surface area contributed by atoms with E-state index in [0.29, 0.717) is 49.2 Å². The Bertz CT molecular complexity index is 852. The van der Waals surface area contributed by atoms with Crippen molar-refractivity contribution >= 4 is 11.8 Å². The van der Waals surface area contributed by atoms with Crippen LogP contribution in [0.15, 0.2) is 42.5 Å². The zero-order valence-corrected chi connectivity index (χ0v) is 16.1. The lowest BCUT2D eigenvalue weighted by molar-refractivity contribution is -0.129. The van der Waals surface area contributed by atoms with Crippen molar-refractivity contribution in [3.8, 4) is 17.2 Å². The van der Waals surface area contributed by atoms with Gasteiger partial charge in [-0.05, 0) is 36.8 Å². The van der Waals surface area contributed by atoms with Gasteiger partial charge in [-0.3, -0.25) is 9.59 Å². The van der Waals surface area contributed by atoms with E-state index in [1.54, 1.807) is 36.2 Å². The lowest BCUT2D eigenvalue weighted by Crippen LogP contribution is -2.38. The standard InChI is InChI=1S/C21H24N2O5/c1-3-26-17-7-5-4-6-16(17)21(25)22-13-20(24)23(2)14-15-8-9-18-19(12-15)28-11-10-27-18/h4-9,12H,3,10-11,13-14H2,1-2H3,(H,22,25). The molecule has 148 valence electrons. The van der Waals surface area contributed by atoms with Gasteiger partial charge in [0.1, 0.15) is 19.0 Å². The highest BCUT2D eigenvalue weighted by Gasteiger charge is 2.16. The minimum atomic E-state index is -0.342. The molecule has 0 unspecified atom stereocenters. The average molecular weight is 384 g/mol. The summed E-state index contributed by atoms with van der Waals surface area (Å²) in [5.74, 6) is 1.36. The fourth-order valence-corrected chi connectivity index (χ4v) is 2.87. The molecule has 7 nitrogen and oxygen atoms in total. The van der Waals surface area contributed by atoms with E-state index in [1.807, 2.05) is 25.1 Å². The molecule has 0 bridgehead atoms. The number of nitrogens with one attached hydrogen (secondary N) is 1. The second-order valence-corrected chi connectivity index (χ2v) is 6.34. The lowest BCUT2D eigenvalue weighted by Gasteiger charge is -2.21. The Kier molecular flexibility index (Phi) is 6.37. The molecule has 0 spiro atoms. The van der Waals surface area contributed by atoms with Crippen molar-refractivity contribution in [2.45, 2.75) is 13.5 Å². The number of hydrogen-bond acceptors (Lipinski definition) is 5. The molecule has 0 fully saturated rings. The zero-order chi connectivity index (χ0) is 19.9. The number of likely N-dealkylation sites (N-methyl/N-ethyl adjacent to an activating group) is 1. The second kappa shape index (κ2) is 9.12. The van der Waals surface area contributed by atoms with E-state index in [2.05, 4.69) is 5.32 Å². The summed E-state index contributed by atoms with van der Waals surface area (Å²) in [5.41, 5.74) is 1.33. The van der Waals surface area contributed by atoms with Crippen LogP contribution in [-0.4, -0.2) is 50.1 Å². The third-order valence-electron chi connectivity index (χ3n) is 4.28. The maximum absolute atomic E-state index is 12.4. The Hall–Kier alpha value is -3.22. The van der Waals surface area contributed by atoms with Crippen LogP contribution in [0, 0.1) is 0 Å². The molecule has 2 aromatic rings. The van der Waals surface area contributed by atoms with Crippen LogP contribution in [-0.2, 0) is 11.3 Å². The second-order valence-electron chi connectivity index (χ2n) is 6.34. The maximum Gasteiger partial charge on any atom is 0.255 e. The van der Waals surface area contributed by atoms with Crippen molar-refractivity contribution in [3.05, 3.63) is 53.6 Å². The first-order chi connectivity index (χ1) is 13.6. The predicted molar refractivity (Wildman–Crippen MR) is 104 cm³/mol. The fraction of sp³-hybridized carbons (Fsp3) is 0.333. The Morgan fingerprint density at radius 2 is 1.86 bits per heavy atom. The largest absolute Gasteiger partial charge is 0.493 e. The van der Waals surface area contributed by atoms with Crippen molar-refractivity contribution in [1.29, 1.82) is 0 Å². The quantitative estimate of drug-likeness (QED) is 0.792. The van der Waals surface area contributed by atoms with E-state index < -0.39 is 0 Å². The highest BCUT2D eigenvalue weighted by Crippen LogP contribution is 2.31. The molecule has 2 aromatic carbocycles. The third-order valence-corrected chi connectivity index (χ3v) is 4.28. The first-order valence-electron chi connectivity index (χ1n) is 9.21. The summed E-state index contributed by atoms with van der Waals surface area (Å²) in [7, 11) is 1.69. The number of hydrogen-bond donors (Lipinski definition) is 1. The molecule has 1 N–H and O–H groups in total. The summed E-state index contributed by atoms with van der Waals surface area (Å²) in [6, 6.07) is 12.6. The molecule has 1 aliphatic heterocycles. The normalized spacial score (nSPS) is 12.2. The van der Waals surface area contributed by atoms with Crippen LogP contribution in [0.3, 0.4) is 0 Å². The van der Waals surface area contributed by atoms with E-state index in [9.17, 15) is 9.59 Å². The van der Waals surface area contributed by atoms with Gasteiger partial charge in [-0.1, -0.05) is 18.2 Å². The number of para-hydroxylation sites is 1. The minimum absolute atomic E-state index is 0.0969. The molecule has 0 saturated carbocycles. The van der Waals surface area contributed by atoms with Crippen molar-refractivity contribution in [1.82, 2.24) is 10.2 Å². The summed E-state index contributed by atoms with van der Waals surface area (Å²) in [6.45, 7) is 3.67. The van der Waals surface area contributed by atoms with Crippen molar-refractivity contribution < 1.29 is 23.8 Å². The van der Waals surface area contributed by atoms with Crippen LogP contribution in [0.1, 0.15) is 22.8 Å². The van der Waals surface area contributed by atoms with Gasteiger partial charge in [0.2, 0.25) is 5.91 Å². The van der Waals surface area contributed by atoms with Gasteiger partial charge in [0.05, 0.1) is 18.7 Å². The Morgan fingerprint density at radius 1 is 1.11 bits per heavy atom. The average Bonchev–Trinajstić information content (AvgIpc) is 2.72. The molecule has 0 saturated heterocycles. The first-order valence-corrected chi connectivity index (χ1v) is 9.21. The molecular weight excluding hydrogens is 360 g/mol. The van der Waals surface area contributed by atoms with Crippen LogP contribution >= 0.6 is 0 Å². The maximum atomic E-state index is 12.4. The van der Waals surface area contributed by atoms with Crippen LogP contribution < -0.4 is 19.5 Å². The van der Waals surface area contributed by atoms with E-state index in [-0.39, 0.29) is 18.4 Å². The molecular formula is C21H24N2O5. The number of carbonyl (C=O) groups is 2. The number of carbonyl (C=O) groups excluding carboxylic acids is 2. The molecule has 3 rings (SSSR count). The number of benzene rings is 2. The Labute approximate surface area is 164 Å². The van der Waals surface area contributed by atoms with Gasteiger partial charge in [0.25, 0.3) is 5.91 Å². The SMILES string of the molecule is CCOc1ccccc1C(=O)NCC(=O)N(C)Cc1ccc2c(c1)OCCO2. The summed E-state index contributed by atoms with van der Waals surface area (Å²) < 4.78 is 16.5. The van der Waals surface area contributed by atoms with Gasteiger partial charge in [-0.2, -0.15) is 0 Å². The molecule has 0 aliphatic carbocycles. The molecule has 0 aromatic heterocycles. The Morgan fingerprint density at radius 3 is 2.64 bits per heavy atom. The van der Waals surface area contributed by atoms with Gasteiger partial charge in [-0.25, -0.2) is 0 Å². The molecule has 28 heavy (non-hydrogen) atoms. The predicted octanol–water partition coefficient (Wildman–Crippen LogP) is 2.24. The van der Waals surface area contributed by atoms with E-state index in [0.717, 1.165) is 5.56 Å². The highest BCUT2D eigenvalue weighted by molar-refractivity contribution is 5.98. The van der Waals surface area contributed by atoms with Crippen LogP contribution in [0.5, 0.6) is 17.2 Å². The van der Waals surface area contributed by atoms with Crippen molar-refractivity contribution in [2.75, 3.05) is 33.4 Å². The molecule has 2 amide bonds. The Balaban J connectivity index is 1.55. The number of fused-ring (bicyclic) bond motifs is 1. The zero-order valence-electron chi connectivity index (χ0n) is 16.1. The molecule has 0 radical (unpaired) electrons. The van der Waals surface area contributed by atoms with Crippen LogP contribution in [0.25, 0.3) is 0 Å². The molecule has 1 aliphatic rings. The fourth-order valence-electron chi connectivity index (χ4n) is 2.87. The third kappa shape index (κ3) is 4.73. The van der Waals surface area contributed by atoms with Crippen LogP contribution in [0.4, 0.5) is 0 Å². The van der Waals surface area contributed by atoms with Crippen molar-refractivity contribution in [3.63, 3.8) is 0 Å². The van der Waals surface area contributed by atoms with Gasteiger partial charge in [0, 0.05) is 13.6 Å². The monoisotopic (exact) mass is 384 g/mol. The van der Waals surface area contributed by atoms with Gasteiger partial charge in [0.15, 0.2) is 11.5 Å².